The van der Waals surface area contributed by atoms with Gasteiger partial charge in [-0.1, -0.05) is 41.9 Å². The van der Waals surface area contributed by atoms with Crippen molar-refractivity contribution in [2.24, 2.45) is 0 Å². The Hall–Kier alpha value is -2.93. The zero-order valence-electron chi connectivity index (χ0n) is 14.5. The second-order valence-electron chi connectivity index (χ2n) is 5.51. The normalized spacial score (nSPS) is 11.4. The summed E-state index contributed by atoms with van der Waals surface area (Å²) in [6.45, 7) is 3.44. The Morgan fingerprint density at radius 3 is 2.38 bits per heavy atom. The molecular weight excluding hydrogens is 358 g/mol. The Morgan fingerprint density at radius 2 is 1.81 bits per heavy atom. The van der Waals surface area contributed by atoms with Crippen molar-refractivity contribution in [1.29, 1.82) is 0 Å². The highest BCUT2D eigenvalue weighted by molar-refractivity contribution is 6.32. The number of esters is 1. The first kappa shape index (κ1) is 19.4. The Balaban J connectivity index is 2.34. The van der Waals surface area contributed by atoms with Crippen LogP contribution in [0.25, 0.3) is 0 Å². The number of hydrogen-bond donors (Lipinski definition) is 2. The van der Waals surface area contributed by atoms with Crippen LogP contribution >= 0.6 is 11.6 Å². The minimum atomic E-state index is -1.32. The van der Waals surface area contributed by atoms with Crippen molar-refractivity contribution in [2.75, 3.05) is 7.05 Å². The van der Waals surface area contributed by atoms with Crippen LogP contribution in [-0.2, 0) is 9.53 Å². The predicted octanol–water partition coefficient (Wildman–Crippen LogP) is 2.71. The fraction of sp³-hybridized carbons (Fsp3) is 0.222. The number of nitrogens with zero attached hydrogens (tertiary/aromatic N) is 1. The van der Waals surface area contributed by atoms with Crippen molar-refractivity contribution in [1.82, 2.24) is 15.6 Å². The minimum Gasteiger partial charge on any atom is -0.444 e. The maximum atomic E-state index is 12.6. The molecule has 1 aromatic heterocycles. The highest BCUT2D eigenvalue weighted by Gasteiger charge is 2.28. The van der Waals surface area contributed by atoms with E-state index in [0.717, 1.165) is 0 Å². The number of amides is 3. The summed E-state index contributed by atoms with van der Waals surface area (Å²) in [6.07, 6.45) is -1.32. The molecule has 0 saturated heterocycles. The molecule has 1 atom stereocenters. The molecule has 8 heteroatoms. The van der Waals surface area contributed by atoms with Crippen LogP contribution in [0.1, 0.15) is 33.3 Å². The summed E-state index contributed by atoms with van der Waals surface area (Å²) >= 11 is 6.07. The van der Waals surface area contributed by atoms with E-state index in [1.54, 1.807) is 50.2 Å². The summed E-state index contributed by atoms with van der Waals surface area (Å²) in [5, 5.41) is 4.37. The number of imide groups is 1. The molecule has 136 valence electrons. The van der Waals surface area contributed by atoms with Crippen LogP contribution in [0.4, 0.5) is 4.79 Å². The van der Waals surface area contributed by atoms with Gasteiger partial charge in [0, 0.05) is 18.3 Å². The van der Waals surface area contributed by atoms with Gasteiger partial charge in [0.2, 0.25) is 6.10 Å². The standard InChI is InChI=1S/C18H18ClN3O4/c1-10-9-11(2)21-15(19)13(10)17(24)26-14(12-7-5-4-6-8-12)16(23)22-18(25)20-3/h4-9,14H,1-3H3,(H2,20,22,23,25)/t14-/m1/s1. The van der Waals surface area contributed by atoms with Crippen molar-refractivity contribution >= 4 is 29.5 Å². The largest absolute Gasteiger partial charge is 0.444 e. The van der Waals surface area contributed by atoms with E-state index in [-0.39, 0.29) is 10.7 Å². The quantitative estimate of drug-likeness (QED) is 0.632. The average molecular weight is 376 g/mol. The fourth-order valence-corrected chi connectivity index (χ4v) is 2.70. The molecule has 0 radical (unpaired) electrons. The molecule has 0 fully saturated rings. The summed E-state index contributed by atoms with van der Waals surface area (Å²) < 4.78 is 5.38. The Kier molecular flexibility index (Phi) is 6.30. The van der Waals surface area contributed by atoms with Gasteiger partial charge in [-0.3, -0.25) is 10.1 Å². The van der Waals surface area contributed by atoms with Crippen LogP contribution in [-0.4, -0.2) is 29.9 Å². The molecule has 0 aliphatic carbocycles. The number of carbonyl (C=O) groups is 3. The molecular formula is C18H18ClN3O4. The van der Waals surface area contributed by atoms with Crippen LogP contribution in [0.15, 0.2) is 36.4 Å². The lowest BCUT2D eigenvalue weighted by Crippen LogP contribution is -2.41. The molecule has 26 heavy (non-hydrogen) atoms. The minimum absolute atomic E-state index is 0.00831. The number of aryl methyl sites for hydroxylation is 2. The van der Waals surface area contributed by atoms with Gasteiger partial charge in [0.25, 0.3) is 5.91 Å². The summed E-state index contributed by atoms with van der Waals surface area (Å²) in [5.74, 6) is -1.58. The Labute approximate surface area is 155 Å². The number of nitrogens with one attached hydrogen (secondary N) is 2. The first-order valence-electron chi connectivity index (χ1n) is 7.75. The Morgan fingerprint density at radius 1 is 1.15 bits per heavy atom. The number of pyridine rings is 1. The number of urea groups is 1. The van der Waals surface area contributed by atoms with Gasteiger partial charge in [0.05, 0.1) is 5.56 Å². The zero-order chi connectivity index (χ0) is 19.3. The first-order valence-corrected chi connectivity index (χ1v) is 8.13. The van der Waals surface area contributed by atoms with Gasteiger partial charge in [-0.05, 0) is 25.5 Å². The van der Waals surface area contributed by atoms with Gasteiger partial charge in [0.1, 0.15) is 5.15 Å². The Bertz CT molecular complexity index is 817. The van der Waals surface area contributed by atoms with E-state index in [1.807, 2.05) is 0 Å². The SMILES string of the molecule is CNC(=O)NC(=O)[C@H](OC(=O)c1c(C)cc(C)nc1Cl)c1ccccc1. The molecule has 2 aromatic rings. The number of ether oxygens (including phenoxy) is 1. The van der Waals surface area contributed by atoms with Gasteiger partial charge in [-0.25, -0.2) is 14.6 Å². The van der Waals surface area contributed by atoms with Crippen molar-refractivity contribution in [3.63, 3.8) is 0 Å². The highest BCUT2D eigenvalue weighted by atomic mass is 35.5. The maximum absolute atomic E-state index is 12.6. The molecule has 1 aromatic carbocycles. The third kappa shape index (κ3) is 4.58. The van der Waals surface area contributed by atoms with Crippen molar-refractivity contribution in [3.05, 3.63) is 63.9 Å². The molecule has 3 amide bonds. The van der Waals surface area contributed by atoms with Gasteiger partial charge >= 0.3 is 12.0 Å². The van der Waals surface area contributed by atoms with E-state index in [2.05, 4.69) is 15.6 Å². The topological polar surface area (TPSA) is 97.4 Å². The number of carbonyl (C=O) groups excluding carboxylic acids is 3. The lowest BCUT2D eigenvalue weighted by molar-refractivity contribution is -0.129. The molecule has 2 N–H and O–H groups in total. The molecule has 2 rings (SSSR count). The molecule has 1 heterocycles. The molecule has 0 unspecified atom stereocenters. The predicted molar refractivity (Wildman–Crippen MR) is 95.9 cm³/mol. The second-order valence-corrected chi connectivity index (χ2v) is 5.87. The smallest absolute Gasteiger partial charge is 0.342 e. The van der Waals surface area contributed by atoms with E-state index in [0.29, 0.717) is 16.8 Å². The van der Waals surface area contributed by atoms with Crippen LogP contribution in [0.2, 0.25) is 5.15 Å². The zero-order valence-corrected chi connectivity index (χ0v) is 15.3. The maximum Gasteiger partial charge on any atom is 0.342 e. The number of benzene rings is 1. The summed E-state index contributed by atoms with van der Waals surface area (Å²) in [5.41, 5.74) is 1.72. The summed E-state index contributed by atoms with van der Waals surface area (Å²) in [7, 11) is 1.37. The van der Waals surface area contributed by atoms with Crippen molar-refractivity contribution in [2.45, 2.75) is 20.0 Å². The van der Waals surface area contributed by atoms with E-state index < -0.39 is 24.0 Å². The van der Waals surface area contributed by atoms with Gasteiger partial charge in [-0.15, -0.1) is 0 Å². The van der Waals surface area contributed by atoms with Crippen LogP contribution < -0.4 is 10.6 Å². The average Bonchev–Trinajstić information content (AvgIpc) is 2.59. The van der Waals surface area contributed by atoms with E-state index in [1.165, 1.54) is 7.05 Å². The molecule has 0 aliphatic heterocycles. The molecule has 0 spiro atoms. The van der Waals surface area contributed by atoms with Gasteiger partial charge in [0.15, 0.2) is 0 Å². The van der Waals surface area contributed by atoms with Gasteiger partial charge in [-0.2, -0.15) is 0 Å². The third-order valence-electron chi connectivity index (χ3n) is 3.53. The number of aromatic nitrogens is 1. The van der Waals surface area contributed by atoms with Crippen molar-refractivity contribution < 1.29 is 19.1 Å². The van der Waals surface area contributed by atoms with E-state index in [4.69, 9.17) is 16.3 Å². The fourth-order valence-electron chi connectivity index (χ4n) is 2.34. The van der Waals surface area contributed by atoms with Crippen molar-refractivity contribution in [3.8, 4) is 0 Å². The molecule has 7 nitrogen and oxygen atoms in total. The second kappa shape index (κ2) is 8.44. The first-order chi connectivity index (χ1) is 12.3. The van der Waals surface area contributed by atoms with Crippen LogP contribution in [0.5, 0.6) is 0 Å². The number of hydrogen-bond acceptors (Lipinski definition) is 5. The molecule has 0 bridgehead atoms. The number of rotatable bonds is 4. The molecule has 0 aliphatic rings. The number of halogens is 1. The van der Waals surface area contributed by atoms with Crippen LogP contribution in [0, 0.1) is 13.8 Å². The van der Waals surface area contributed by atoms with E-state index in [9.17, 15) is 14.4 Å². The molecule has 0 saturated carbocycles. The lowest BCUT2D eigenvalue weighted by Gasteiger charge is -2.18. The van der Waals surface area contributed by atoms with Crippen LogP contribution in [0.3, 0.4) is 0 Å². The lowest BCUT2D eigenvalue weighted by atomic mass is 10.1. The highest BCUT2D eigenvalue weighted by Crippen LogP contribution is 2.24. The monoisotopic (exact) mass is 375 g/mol. The van der Waals surface area contributed by atoms with E-state index >= 15 is 0 Å². The third-order valence-corrected chi connectivity index (χ3v) is 3.81. The summed E-state index contributed by atoms with van der Waals surface area (Å²) in [6, 6.07) is 9.34. The van der Waals surface area contributed by atoms with Gasteiger partial charge < -0.3 is 10.1 Å². The summed E-state index contributed by atoms with van der Waals surface area (Å²) in [4.78, 5) is 40.5.